The highest BCUT2D eigenvalue weighted by Crippen LogP contribution is 2.13. The van der Waals surface area contributed by atoms with Crippen molar-refractivity contribution >= 4 is 17.5 Å². The lowest BCUT2D eigenvalue weighted by atomic mass is 10.2. The lowest BCUT2D eigenvalue weighted by Gasteiger charge is -2.35. The summed E-state index contributed by atoms with van der Waals surface area (Å²) >= 11 is 0. The highest BCUT2D eigenvalue weighted by molar-refractivity contribution is 5.95. The van der Waals surface area contributed by atoms with Crippen LogP contribution < -0.4 is 4.90 Å². The zero-order valence-corrected chi connectivity index (χ0v) is 14.5. The number of para-hydroxylation sites is 1. The molecule has 0 aromatic heterocycles. The maximum Gasteiger partial charge on any atom is 0.253 e. The van der Waals surface area contributed by atoms with Gasteiger partial charge in [-0.1, -0.05) is 36.4 Å². The molecule has 1 aliphatic rings. The van der Waals surface area contributed by atoms with Crippen LogP contribution in [0.1, 0.15) is 10.4 Å². The minimum absolute atomic E-state index is 0.0629. The van der Waals surface area contributed by atoms with Gasteiger partial charge in [0.05, 0.1) is 6.54 Å². The van der Waals surface area contributed by atoms with Crippen molar-refractivity contribution in [3.8, 4) is 0 Å². The van der Waals surface area contributed by atoms with Crippen molar-refractivity contribution in [1.82, 2.24) is 9.80 Å². The number of carbonyl (C=O) groups is 2. The van der Waals surface area contributed by atoms with Crippen LogP contribution in [0, 0.1) is 0 Å². The monoisotopic (exact) mass is 337 g/mol. The SMILES string of the molecule is CN(C(=O)CN1CCN(C(=O)c2ccccc2)CC1)c1ccccc1. The van der Waals surface area contributed by atoms with Gasteiger partial charge in [0.1, 0.15) is 0 Å². The molecule has 0 radical (unpaired) electrons. The molecule has 2 aromatic carbocycles. The van der Waals surface area contributed by atoms with E-state index in [2.05, 4.69) is 4.90 Å². The Hall–Kier alpha value is -2.66. The van der Waals surface area contributed by atoms with Crippen LogP contribution in [0.5, 0.6) is 0 Å². The molecule has 3 rings (SSSR count). The second kappa shape index (κ2) is 7.94. The quantitative estimate of drug-likeness (QED) is 0.858. The molecule has 5 nitrogen and oxygen atoms in total. The summed E-state index contributed by atoms with van der Waals surface area (Å²) in [5.74, 6) is 0.127. The second-order valence-electron chi connectivity index (χ2n) is 6.22. The van der Waals surface area contributed by atoms with Crippen molar-refractivity contribution in [1.29, 1.82) is 0 Å². The standard InChI is InChI=1S/C20H23N3O2/c1-21(18-10-6-3-7-11-18)19(24)16-22-12-14-23(15-13-22)20(25)17-8-4-2-5-9-17/h2-11H,12-16H2,1H3. The van der Waals surface area contributed by atoms with E-state index in [1.165, 1.54) is 0 Å². The Morgan fingerprint density at radius 1 is 0.880 bits per heavy atom. The first kappa shape index (κ1) is 17.2. The van der Waals surface area contributed by atoms with E-state index in [4.69, 9.17) is 0 Å². The molecule has 0 aliphatic carbocycles. The maximum atomic E-state index is 12.5. The van der Waals surface area contributed by atoms with E-state index >= 15 is 0 Å². The normalized spacial score (nSPS) is 15.0. The summed E-state index contributed by atoms with van der Waals surface area (Å²) < 4.78 is 0. The topological polar surface area (TPSA) is 43.9 Å². The van der Waals surface area contributed by atoms with Crippen LogP contribution in [-0.2, 0) is 4.79 Å². The van der Waals surface area contributed by atoms with Crippen molar-refractivity contribution in [3.63, 3.8) is 0 Å². The summed E-state index contributed by atoms with van der Waals surface area (Å²) in [5, 5.41) is 0. The Kier molecular flexibility index (Phi) is 5.46. The van der Waals surface area contributed by atoms with Crippen molar-refractivity contribution < 1.29 is 9.59 Å². The Labute approximate surface area is 148 Å². The number of benzene rings is 2. The molecule has 0 bridgehead atoms. The van der Waals surface area contributed by atoms with Crippen LogP contribution in [0.3, 0.4) is 0 Å². The van der Waals surface area contributed by atoms with Crippen LogP contribution in [0.2, 0.25) is 0 Å². The third-order valence-electron chi connectivity index (χ3n) is 4.56. The number of hydrogen-bond donors (Lipinski definition) is 0. The van der Waals surface area contributed by atoms with Gasteiger partial charge in [-0.25, -0.2) is 0 Å². The number of carbonyl (C=O) groups excluding carboxylic acids is 2. The fourth-order valence-corrected chi connectivity index (χ4v) is 2.97. The largest absolute Gasteiger partial charge is 0.336 e. The maximum absolute atomic E-state index is 12.5. The fourth-order valence-electron chi connectivity index (χ4n) is 2.97. The summed E-state index contributed by atoms with van der Waals surface area (Å²) in [6.45, 7) is 3.10. The molecule has 5 heteroatoms. The van der Waals surface area contributed by atoms with Gasteiger partial charge in [0.25, 0.3) is 5.91 Å². The molecule has 1 fully saturated rings. The number of nitrogens with zero attached hydrogens (tertiary/aromatic N) is 3. The Balaban J connectivity index is 1.51. The molecule has 2 aromatic rings. The lowest BCUT2D eigenvalue weighted by Crippen LogP contribution is -2.51. The number of anilines is 1. The molecule has 1 heterocycles. The summed E-state index contributed by atoms with van der Waals surface area (Å²) in [4.78, 5) is 30.6. The van der Waals surface area contributed by atoms with Gasteiger partial charge in [-0.15, -0.1) is 0 Å². The third-order valence-corrected chi connectivity index (χ3v) is 4.56. The van der Waals surface area contributed by atoms with Gasteiger partial charge in [0.2, 0.25) is 5.91 Å². The Morgan fingerprint density at radius 2 is 1.44 bits per heavy atom. The van der Waals surface area contributed by atoms with Crippen molar-refractivity contribution in [2.45, 2.75) is 0 Å². The predicted octanol–water partition coefficient (Wildman–Crippen LogP) is 2.11. The van der Waals surface area contributed by atoms with Crippen LogP contribution in [0.4, 0.5) is 5.69 Å². The number of piperazine rings is 1. The summed E-state index contributed by atoms with van der Waals surface area (Å²) in [6.07, 6.45) is 0. The first-order valence-corrected chi connectivity index (χ1v) is 8.53. The first-order chi connectivity index (χ1) is 12.1. The Morgan fingerprint density at radius 3 is 2.04 bits per heavy atom. The molecule has 130 valence electrons. The molecule has 0 unspecified atom stereocenters. The van der Waals surface area contributed by atoms with Crippen LogP contribution in [-0.4, -0.2) is 61.4 Å². The fraction of sp³-hybridized carbons (Fsp3) is 0.300. The van der Waals surface area contributed by atoms with Gasteiger partial charge < -0.3 is 9.80 Å². The summed E-state index contributed by atoms with van der Waals surface area (Å²) in [6, 6.07) is 19.0. The zero-order chi connectivity index (χ0) is 17.6. The summed E-state index contributed by atoms with van der Waals surface area (Å²) in [5.41, 5.74) is 1.61. The van der Waals surface area contributed by atoms with Crippen molar-refractivity contribution in [2.24, 2.45) is 0 Å². The van der Waals surface area contributed by atoms with E-state index in [9.17, 15) is 9.59 Å². The molecule has 2 amide bonds. The zero-order valence-electron chi connectivity index (χ0n) is 14.5. The van der Waals surface area contributed by atoms with Gasteiger partial charge in [-0.2, -0.15) is 0 Å². The summed E-state index contributed by atoms with van der Waals surface area (Å²) in [7, 11) is 1.80. The highest BCUT2D eigenvalue weighted by Gasteiger charge is 2.24. The predicted molar refractivity (Wildman–Crippen MR) is 98.6 cm³/mol. The van der Waals surface area contributed by atoms with E-state index in [1.54, 1.807) is 11.9 Å². The van der Waals surface area contributed by atoms with Crippen molar-refractivity contribution in [2.75, 3.05) is 44.7 Å². The highest BCUT2D eigenvalue weighted by atomic mass is 16.2. The number of rotatable bonds is 4. The van der Waals surface area contributed by atoms with E-state index < -0.39 is 0 Å². The molecule has 0 N–H and O–H groups in total. The molecule has 0 saturated carbocycles. The molecular formula is C20H23N3O2. The lowest BCUT2D eigenvalue weighted by molar-refractivity contribution is -0.119. The molecule has 1 aliphatic heterocycles. The van der Waals surface area contributed by atoms with Crippen molar-refractivity contribution in [3.05, 3.63) is 66.2 Å². The average molecular weight is 337 g/mol. The van der Waals surface area contributed by atoms with E-state index in [1.807, 2.05) is 65.6 Å². The molecule has 1 saturated heterocycles. The van der Waals surface area contributed by atoms with Gasteiger partial charge in [0, 0.05) is 44.5 Å². The van der Waals surface area contributed by atoms with Gasteiger partial charge in [0.15, 0.2) is 0 Å². The number of hydrogen-bond acceptors (Lipinski definition) is 3. The van der Waals surface area contributed by atoms with E-state index in [0.29, 0.717) is 32.7 Å². The van der Waals surface area contributed by atoms with Gasteiger partial charge in [-0.05, 0) is 24.3 Å². The van der Waals surface area contributed by atoms with Gasteiger partial charge in [-0.3, -0.25) is 14.5 Å². The van der Waals surface area contributed by atoms with E-state index in [0.717, 1.165) is 11.3 Å². The first-order valence-electron chi connectivity index (χ1n) is 8.53. The smallest absolute Gasteiger partial charge is 0.253 e. The van der Waals surface area contributed by atoms with Gasteiger partial charge >= 0.3 is 0 Å². The second-order valence-corrected chi connectivity index (χ2v) is 6.22. The number of amides is 2. The molecule has 0 spiro atoms. The van der Waals surface area contributed by atoms with Crippen LogP contribution in [0.25, 0.3) is 0 Å². The minimum atomic E-state index is 0.0629. The molecule has 25 heavy (non-hydrogen) atoms. The minimum Gasteiger partial charge on any atom is -0.336 e. The Bertz CT molecular complexity index is 710. The third kappa shape index (κ3) is 4.25. The number of likely N-dealkylation sites (N-methyl/N-ethyl adjacent to an activating group) is 1. The van der Waals surface area contributed by atoms with Crippen LogP contribution >= 0.6 is 0 Å². The van der Waals surface area contributed by atoms with E-state index in [-0.39, 0.29) is 11.8 Å². The van der Waals surface area contributed by atoms with Crippen LogP contribution in [0.15, 0.2) is 60.7 Å². The molecular weight excluding hydrogens is 314 g/mol. The molecule has 0 atom stereocenters. The average Bonchev–Trinajstić information content (AvgIpc) is 2.68.